The number of ether oxygens (including phenoxy) is 1. The average molecular weight is 237 g/mol. The Morgan fingerprint density at radius 3 is 2.82 bits per heavy atom. The molecule has 1 aromatic rings. The number of benzene rings is 1. The Hall–Kier alpha value is -1.58. The second-order valence-corrected chi connectivity index (χ2v) is 4.43. The van der Waals surface area contributed by atoms with Gasteiger partial charge in [-0.3, -0.25) is 4.79 Å². The minimum atomic E-state index is -0.295. The number of hydrogen-bond donors (Lipinski definition) is 0. The summed E-state index contributed by atoms with van der Waals surface area (Å²) >= 11 is 0. The fraction of sp³-hybridized carbons (Fsp3) is 0.462. The monoisotopic (exact) mass is 237 g/mol. The Kier molecular flexibility index (Phi) is 3.31. The molecule has 92 valence electrons. The fourth-order valence-corrected chi connectivity index (χ4v) is 1.68. The Balaban J connectivity index is 1.90. The first-order valence-corrected chi connectivity index (χ1v) is 5.72. The molecule has 1 aliphatic carbocycles. The van der Waals surface area contributed by atoms with Crippen LogP contribution in [-0.4, -0.2) is 30.5 Å². The first-order valence-electron chi connectivity index (χ1n) is 5.72. The van der Waals surface area contributed by atoms with Gasteiger partial charge in [0.25, 0.3) is 5.91 Å². The Morgan fingerprint density at radius 1 is 1.53 bits per heavy atom. The van der Waals surface area contributed by atoms with E-state index in [2.05, 4.69) is 0 Å². The minimum Gasteiger partial charge on any atom is -0.483 e. The van der Waals surface area contributed by atoms with Crippen LogP contribution in [0.5, 0.6) is 5.75 Å². The molecule has 4 heteroatoms. The zero-order valence-electron chi connectivity index (χ0n) is 10.1. The van der Waals surface area contributed by atoms with Crippen LogP contribution in [0.3, 0.4) is 0 Å². The summed E-state index contributed by atoms with van der Waals surface area (Å²) < 4.78 is 18.3. The summed E-state index contributed by atoms with van der Waals surface area (Å²) in [5.74, 6) is 0.233. The van der Waals surface area contributed by atoms with Gasteiger partial charge in [0.15, 0.2) is 6.61 Å². The van der Waals surface area contributed by atoms with Crippen LogP contribution in [0.2, 0.25) is 0 Å². The second-order valence-electron chi connectivity index (χ2n) is 4.43. The molecular formula is C13H16FNO2. The third-order valence-electron chi connectivity index (χ3n) is 2.98. The lowest BCUT2D eigenvalue weighted by Gasteiger charge is -2.17. The molecule has 0 aliphatic heterocycles. The standard InChI is InChI=1S/C13H16FNO2/c1-9-7-10(14)3-6-12(9)17-8-13(16)15(2)11-4-5-11/h3,6-7,11H,4-5,8H2,1-2H3. The first kappa shape index (κ1) is 11.9. The quantitative estimate of drug-likeness (QED) is 0.803. The lowest BCUT2D eigenvalue weighted by molar-refractivity contribution is -0.132. The SMILES string of the molecule is Cc1cc(F)ccc1OCC(=O)N(C)C1CC1. The second kappa shape index (κ2) is 4.73. The molecule has 0 unspecified atom stereocenters. The van der Waals surface area contributed by atoms with Crippen molar-refractivity contribution in [3.63, 3.8) is 0 Å². The molecule has 0 radical (unpaired) electrons. The van der Waals surface area contributed by atoms with Crippen LogP contribution >= 0.6 is 0 Å². The number of carbonyl (C=O) groups excluding carboxylic acids is 1. The highest BCUT2D eigenvalue weighted by Gasteiger charge is 2.29. The van der Waals surface area contributed by atoms with Gasteiger partial charge in [-0.2, -0.15) is 0 Å². The normalized spacial score (nSPS) is 14.5. The zero-order chi connectivity index (χ0) is 12.4. The maximum Gasteiger partial charge on any atom is 0.260 e. The fourth-order valence-electron chi connectivity index (χ4n) is 1.68. The molecule has 2 rings (SSSR count). The van der Waals surface area contributed by atoms with Gasteiger partial charge in [-0.1, -0.05) is 0 Å². The van der Waals surface area contributed by atoms with Crippen molar-refractivity contribution in [3.05, 3.63) is 29.6 Å². The number of halogens is 1. The number of hydrogen-bond acceptors (Lipinski definition) is 2. The summed E-state index contributed by atoms with van der Waals surface area (Å²) in [6.07, 6.45) is 2.16. The Labute approximate surface area is 100 Å². The Morgan fingerprint density at radius 2 is 2.24 bits per heavy atom. The van der Waals surface area contributed by atoms with Crippen molar-refractivity contribution in [2.24, 2.45) is 0 Å². The topological polar surface area (TPSA) is 29.5 Å². The van der Waals surface area contributed by atoms with Crippen LogP contribution < -0.4 is 4.74 Å². The number of aryl methyl sites for hydroxylation is 1. The molecule has 3 nitrogen and oxygen atoms in total. The maximum absolute atomic E-state index is 12.9. The van der Waals surface area contributed by atoms with Crippen LogP contribution in [0.25, 0.3) is 0 Å². The van der Waals surface area contributed by atoms with Gasteiger partial charge in [-0.25, -0.2) is 4.39 Å². The highest BCUT2D eigenvalue weighted by atomic mass is 19.1. The Bertz CT molecular complexity index is 429. The smallest absolute Gasteiger partial charge is 0.260 e. The molecule has 1 amide bonds. The molecule has 0 atom stereocenters. The number of likely N-dealkylation sites (N-methyl/N-ethyl adjacent to an activating group) is 1. The van der Waals surface area contributed by atoms with Crippen LogP contribution in [0.15, 0.2) is 18.2 Å². The summed E-state index contributed by atoms with van der Waals surface area (Å²) in [6.45, 7) is 1.77. The summed E-state index contributed by atoms with van der Waals surface area (Å²) in [7, 11) is 1.79. The summed E-state index contributed by atoms with van der Waals surface area (Å²) in [4.78, 5) is 13.4. The van der Waals surface area contributed by atoms with E-state index < -0.39 is 0 Å². The van der Waals surface area contributed by atoms with E-state index in [-0.39, 0.29) is 18.3 Å². The van der Waals surface area contributed by atoms with Crippen molar-refractivity contribution in [2.75, 3.05) is 13.7 Å². The van der Waals surface area contributed by atoms with Gasteiger partial charge in [-0.05, 0) is 43.5 Å². The molecule has 1 saturated carbocycles. The molecular weight excluding hydrogens is 221 g/mol. The summed E-state index contributed by atoms with van der Waals surface area (Å²) in [6, 6.07) is 4.66. The predicted octanol–water partition coefficient (Wildman–Crippen LogP) is 2.13. The molecule has 1 fully saturated rings. The van der Waals surface area contributed by atoms with E-state index >= 15 is 0 Å². The van der Waals surface area contributed by atoms with Crippen molar-refractivity contribution in [3.8, 4) is 5.75 Å². The van der Waals surface area contributed by atoms with Gasteiger partial charge in [-0.15, -0.1) is 0 Å². The highest BCUT2D eigenvalue weighted by Crippen LogP contribution is 2.25. The summed E-state index contributed by atoms with van der Waals surface area (Å²) in [5.41, 5.74) is 0.701. The first-order chi connectivity index (χ1) is 8.08. The van der Waals surface area contributed by atoms with Crippen molar-refractivity contribution >= 4 is 5.91 Å². The predicted molar refractivity (Wildman–Crippen MR) is 62.4 cm³/mol. The number of amides is 1. The zero-order valence-corrected chi connectivity index (χ0v) is 10.1. The van der Waals surface area contributed by atoms with Gasteiger partial charge < -0.3 is 9.64 Å². The molecule has 0 N–H and O–H groups in total. The van der Waals surface area contributed by atoms with E-state index in [9.17, 15) is 9.18 Å². The van der Waals surface area contributed by atoms with Crippen LogP contribution in [-0.2, 0) is 4.79 Å². The third kappa shape index (κ3) is 2.96. The van der Waals surface area contributed by atoms with E-state index in [4.69, 9.17) is 4.74 Å². The van der Waals surface area contributed by atoms with Gasteiger partial charge in [0.05, 0.1) is 0 Å². The lowest BCUT2D eigenvalue weighted by atomic mass is 10.2. The molecule has 0 heterocycles. The van der Waals surface area contributed by atoms with Crippen LogP contribution in [0.1, 0.15) is 18.4 Å². The van der Waals surface area contributed by atoms with Crippen molar-refractivity contribution in [2.45, 2.75) is 25.8 Å². The maximum atomic E-state index is 12.9. The van der Waals surface area contributed by atoms with Crippen molar-refractivity contribution < 1.29 is 13.9 Å². The van der Waals surface area contributed by atoms with Crippen LogP contribution in [0.4, 0.5) is 4.39 Å². The minimum absolute atomic E-state index is 0.0134. The third-order valence-corrected chi connectivity index (χ3v) is 2.98. The number of nitrogens with zero attached hydrogens (tertiary/aromatic N) is 1. The van der Waals surface area contributed by atoms with E-state index in [1.54, 1.807) is 24.9 Å². The lowest BCUT2D eigenvalue weighted by Crippen LogP contribution is -2.33. The summed E-state index contributed by atoms with van der Waals surface area (Å²) in [5, 5.41) is 0. The van der Waals surface area contributed by atoms with Gasteiger partial charge in [0.1, 0.15) is 11.6 Å². The van der Waals surface area contributed by atoms with Gasteiger partial charge >= 0.3 is 0 Å². The van der Waals surface area contributed by atoms with Gasteiger partial charge in [0.2, 0.25) is 0 Å². The van der Waals surface area contributed by atoms with E-state index in [0.717, 1.165) is 12.8 Å². The van der Waals surface area contributed by atoms with E-state index in [1.165, 1.54) is 12.1 Å². The van der Waals surface area contributed by atoms with Crippen molar-refractivity contribution in [1.29, 1.82) is 0 Å². The van der Waals surface area contributed by atoms with E-state index in [0.29, 0.717) is 17.4 Å². The van der Waals surface area contributed by atoms with Crippen LogP contribution in [0, 0.1) is 12.7 Å². The van der Waals surface area contributed by atoms with Crippen molar-refractivity contribution in [1.82, 2.24) is 4.90 Å². The largest absolute Gasteiger partial charge is 0.483 e. The number of carbonyl (C=O) groups is 1. The van der Waals surface area contributed by atoms with E-state index in [1.807, 2.05) is 0 Å². The average Bonchev–Trinajstić information content (AvgIpc) is 3.10. The number of rotatable bonds is 4. The molecule has 0 saturated heterocycles. The molecule has 0 bridgehead atoms. The molecule has 1 aromatic carbocycles. The molecule has 0 spiro atoms. The molecule has 0 aromatic heterocycles. The molecule has 17 heavy (non-hydrogen) atoms. The highest BCUT2D eigenvalue weighted by molar-refractivity contribution is 5.78. The van der Waals surface area contributed by atoms with Gasteiger partial charge in [0, 0.05) is 13.1 Å². The molecule has 1 aliphatic rings.